The van der Waals surface area contributed by atoms with Gasteiger partial charge in [0.1, 0.15) is 5.75 Å². The summed E-state index contributed by atoms with van der Waals surface area (Å²) in [5.74, 6) is -0.754. The fraction of sp³-hybridized carbons (Fsp3) is 0.444. The highest BCUT2D eigenvalue weighted by Crippen LogP contribution is 2.10. The zero-order valence-corrected chi connectivity index (χ0v) is 9.81. The summed E-state index contributed by atoms with van der Waals surface area (Å²) in [6.07, 6.45) is 0.403. The molecule has 1 rings (SSSR count). The molecular formula is C9H13NO3S2. The van der Waals surface area contributed by atoms with Crippen LogP contribution in [-0.4, -0.2) is 32.3 Å². The maximum Gasteiger partial charge on any atom is 0.187 e. The van der Waals surface area contributed by atoms with Gasteiger partial charge >= 0.3 is 0 Å². The van der Waals surface area contributed by atoms with Crippen LogP contribution in [0.5, 0.6) is 0 Å². The fourth-order valence-corrected chi connectivity index (χ4v) is 3.15. The van der Waals surface area contributed by atoms with Gasteiger partial charge in [0.25, 0.3) is 0 Å². The Kier molecular flexibility index (Phi) is 4.44. The zero-order valence-electron chi connectivity index (χ0n) is 8.18. The van der Waals surface area contributed by atoms with Crippen LogP contribution in [0.25, 0.3) is 0 Å². The molecule has 1 aromatic rings. The van der Waals surface area contributed by atoms with Gasteiger partial charge in [0, 0.05) is 0 Å². The van der Waals surface area contributed by atoms with E-state index in [2.05, 4.69) is 0 Å². The van der Waals surface area contributed by atoms with Crippen LogP contribution in [-0.2, 0) is 9.84 Å². The van der Waals surface area contributed by atoms with E-state index in [0.29, 0.717) is 17.8 Å². The van der Waals surface area contributed by atoms with Gasteiger partial charge < -0.3 is 5.73 Å². The summed E-state index contributed by atoms with van der Waals surface area (Å²) in [6, 6.07) is 3.36. The van der Waals surface area contributed by atoms with E-state index in [1.807, 2.05) is 0 Å². The van der Waals surface area contributed by atoms with E-state index in [1.54, 1.807) is 17.5 Å². The van der Waals surface area contributed by atoms with Crippen LogP contribution in [0.3, 0.4) is 0 Å². The second kappa shape index (κ2) is 5.39. The monoisotopic (exact) mass is 247 g/mol. The number of carbonyl (C=O) groups is 1. The molecule has 0 saturated carbocycles. The first kappa shape index (κ1) is 12.4. The second-order valence-corrected chi connectivity index (χ2v) is 6.27. The zero-order chi connectivity index (χ0) is 11.3. The van der Waals surface area contributed by atoms with Crippen LogP contribution in [0.15, 0.2) is 17.5 Å². The molecule has 0 radical (unpaired) electrons. The van der Waals surface area contributed by atoms with Crippen molar-refractivity contribution in [2.45, 2.75) is 6.42 Å². The molecule has 0 aromatic carbocycles. The molecule has 0 saturated heterocycles. The first-order valence-electron chi connectivity index (χ1n) is 4.52. The van der Waals surface area contributed by atoms with Crippen molar-refractivity contribution in [2.24, 2.45) is 5.73 Å². The Hall–Kier alpha value is -0.720. The highest BCUT2D eigenvalue weighted by molar-refractivity contribution is 7.92. The van der Waals surface area contributed by atoms with Crippen molar-refractivity contribution >= 4 is 27.0 Å². The number of thiophene rings is 1. The van der Waals surface area contributed by atoms with Crippen LogP contribution < -0.4 is 5.73 Å². The molecule has 0 fully saturated rings. The number of nitrogens with two attached hydrogens (primary N) is 1. The molecule has 0 atom stereocenters. The van der Waals surface area contributed by atoms with Gasteiger partial charge in [-0.25, -0.2) is 8.42 Å². The Balaban J connectivity index is 2.58. The Bertz CT molecular complexity index is 409. The van der Waals surface area contributed by atoms with E-state index >= 15 is 0 Å². The Labute approximate surface area is 93.0 Å². The van der Waals surface area contributed by atoms with Gasteiger partial charge in [-0.05, 0) is 24.4 Å². The predicted octanol–water partition coefficient (Wildman–Crippen LogP) is 0.694. The average Bonchev–Trinajstić information content (AvgIpc) is 2.67. The predicted molar refractivity (Wildman–Crippen MR) is 61.0 cm³/mol. The standard InChI is InChI=1S/C9H13NO3S2/c10-4-2-6-15(12,13)7-8(11)9-3-1-5-14-9/h1,3,5H,2,4,6-7,10H2. The van der Waals surface area contributed by atoms with E-state index in [4.69, 9.17) is 5.73 Å². The molecule has 1 aromatic heterocycles. The third-order valence-corrected chi connectivity index (χ3v) is 4.33. The van der Waals surface area contributed by atoms with Crippen molar-refractivity contribution in [3.8, 4) is 0 Å². The van der Waals surface area contributed by atoms with Crippen LogP contribution >= 0.6 is 11.3 Å². The molecule has 1 heterocycles. The molecule has 6 heteroatoms. The number of sulfone groups is 1. The van der Waals surface area contributed by atoms with E-state index in [1.165, 1.54) is 11.3 Å². The molecule has 15 heavy (non-hydrogen) atoms. The van der Waals surface area contributed by atoms with Gasteiger partial charge in [0.15, 0.2) is 15.6 Å². The normalized spacial score (nSPS) is 11.5. The SMILES string of the molecule is NCCCS(=O)(=O)CC(=O)c1cccs1. The molecule has 4 nitrogen and oxygen atoms in total. The molecule has 2 N–H and O–H groups in total. The third-order valence-electron chi connectivity index (χ3n) is 1.81. The summed E-state index contributed by atoms with van der Waals surface area (Å²) < 4.78 is 22.8. The summed E-state index contributed by atoms with van der Waals surface area (Å²) >= 11 is 1.26. The smallest absolute Gasteiger partial charge is 0.187 e. The Morgan fingerprint density at radius 1 is 1.47 bits per heavy atom. The van der Waals surface area contributed by atoms with Crippen molar-refractivity contribution in [2.75, 3.05) is 18.1 Å². The van der Waals surface area contributed by atoms with Crippen molar-refractivity contribution < 1.29 is 13.2 Å². The van der Waals surface area contributed by atoms with E-state index in [0.717, 1.165) is 0 Å². The molecular weight excluding hydrogens is 234 g/mol. The van der Waals surface area contributed by atoms with Crippen molar-refractivity contribution in [1.82, 2.24) is 0 Å². The molecule has 0 amide bonds. The van der Waals surface area contributed by atoms with Gasteiger partial charge in [-0.3, -0.25) is 4.79 Å². The minimum atomic E-state index is -3.29. The third kappa shape index (κ3) is 4.11. The highest BCUT2D eigenvalue weighted by Gasteiger charge is 2.17. The van der Waals surface area contributed by atoms with Gasteiger partial charge in [-0.1, -0.05) is 6.07 Å². The Morgan fingerprint density at radius 3 is 2.73 bits per heavy atom. The summed E-state index contributed by atoms with van der Waals surface area (Å²) in [4.78, 5) is 12.0. The van der Waals surface area contributed by atoms with E-state index in [9.17, 15) is 13.2 Å². The van der Waals surface area contributed by atoms with Crippen LogP contribution in [0.2, 0.25) is 0 Å². The maximum atomic E-state index is 11.5. The van der Waals surface area contributed by atoms with Gasteiger partial charge in [0.2, 0.25) is 0 Å². The van der Waals surface area contributed by atoms with Crippen molar-refractivity contribution in [3.63, 3.8) is 0 Å². The summed E-state index contributed by atoms with van der Waals surface area (Å²) in [7, 11) is -3.29. The highest BCUT2D eigenvalue weighted by atomic mass is 32.2. The lowest BCUT2D eigenvalue weighted by Crippen LogP contribution is -2.20. The summed E-state index contributed by atoms with van der Waals surface area (Å²) in [6.45, 7) is 0.326. The lowest BCUT2D eigenvalue weighted by Gasteiger charge is -2.01. The van der Waals surface area contributed by atoms with Gasteiger partial charge in [-0.2, -0.15) is 0 Å². The quantitative estimate of drug-likeness (QED) is 0.750. The van der Waals surface area contributed by atoms with Gasteiger partial charge in [0.05, 0.1) is 10.6 Å². The molecule has 0 spiro atoms. The number of hydrogen-bond donors (Lipinski definition) is 1. The first-order chi connectivity index (χ1) is 7.05. The maximum absolute atomic E-state index is 11.5. The molecule has 0 aliphatic rings. The second-order valence-electron chi connectivity index (χ2n) is 3.13. The number of ketones is 1. The van der Waals surface area contributed by atoms with Crippen molar-refractivity contribution in [1.29, 1.82) is 0 Å². The molecule has 0 unspecified atom stereocenters. The number of rotatable bonds is 6. The average molecular weight is 247 g/mol. The summed E-state index contributed by atoms with van der Waals surface area (Å²) in [5.41, 5.74) is 5.21. The van der Waals surface area contributed by atoms with Crippen LogP contribution in [0.4, 0.5) is 0 Å². The fourth-order valence-electron chi connectivity index (χ4n) is 1.08. The van der Waals surface area contributed by atoms with Crippen LogP contribution in [0.1, 0.15) is 16.1 Å². The van der Waals surface area contributed by atoms with E-state index in [-0.39, 0.29) is 11.5 Å². The minimum Gasteiger partial charge on any atom is -0.330 e. The van der Waals surface area contributed by atoms with Crippen LogP contribution in [0, 0.1) is 0 Å². The summed E-state index contributed by atoms with van der Waals surface area (Å²) in [5, 5.41) is 1.75. The molecule has 0 bridgehead atoms. The molecule has 84 valence electrons. The topological polar surface area (TPSA) is 77.2 Å². The molecule has 0 aliphatic heterocycles. The lowest BCUT2D eigenvalue weighted by molar-refractivity contribution is 0.102. The lowest BCUT2D eigenvalue weighted by atomic mass is 10.4. The number of hydrogen-bond acceptors (Lipinski definition) is 5. The first-order valence-corrected chi connectivity index (χ1v) is 7.22. The minimum absolute atomic E-state index is 0.0133. The van der Waals surface area contributed by atoms with Gasteiger partial charge in [-0.15, -0.1) is 11.3 Å². The molecule has 0 aliphatic carbocycles. The Morgan fingerprint density at radius 2 is 2.20 bits per heavy atom. The largest absolute Gasteiger partial charge is 0.330 e. The van der Waals surface area contributed by atoms with Crippen molar-refractivity contribution in [3.05, 3.63) is 22.4 Å². The number of carbonyl (C=O) groups excluding carboxylic acids is 1. The van der Waals surface area contributed by atoms with E-state index < -0.39 is 15.6 Å². The number of Topliss-reactive ketones (excluding diaryl/α,β-unsaturated/α-hetero) is 1.